The number of anilines is 1. The maximum Gasteiger partial charge on any atom is 0.232 e. The number of nitrogens with zero attached hydrogens (tertiary/aromatic N) is 1. The zero-order chi connectivity index (χ0) is 16.9. The Labute approximate surface area is 133 Å². The van der Waals surface area contributed by atoms with Gasteiger partial charge in [-0.2, -0.15) is 0 Å². The molecule has 2 rings (SSSR count). The highest BCUT2D eigenvalue weighted by atomic mass is 32.2. The summed E-state index contributed by atoms with van der Waals surface area (Å²) in [4.78, 5) is 11.3. The normalized spacial score (nSPS) is 18.8. The number of para-hydroxylation sites is 1. The van der Waals surface area contributed by atoms with Crippen molar-refractivity contribution >= 4 is 21.5 Å². The molecule has 22 heavy (non-hydrogen) atoms. The smallest absolute Gasteiger partial charge is 0.232 e. The molecule has 0 bridgehead atoms. The van der Waals surface area contributed by atoms with Crippen molar-refractivity contribution in [3.8, 4) is 0 Å². The van der Waals surface area contributed by atoms with Crippen LogP contribution in [0.15, 0.2) is 24.3 Å². The van der Waals surface area contributed by atoms with Crippen molar-refractivity contribution < 1.29 is 17.9 Å². The van der Waals surface area contributed by atoms with Crippen molar-refractivity contribution in [2.24, 2.45) is 0 Å². The van der Waals surface area contributed by atoms with Crippen LogP contribution in [0, 0.1) is 0 Å². The number of hydrogen-bond acceptors (Lipinski definition) is 4. The molecular formula is C16H25NO4S. The van der Waals surface area contributed by atoms with Gasteiger partial charge in [0.15, 0.2) is 5.78 Å². The van der Waals surface area contributed by atoms with Crippen LogP contribution < -0.4 is 4.31 Å². The Kier molecular flexibility index (Phi) is 6.56. The Morgan fingerprint density at radius 3 is 2.45 bits per heavy atom. The molecule has 1 aliphatic heterocycles. The van der Waals surface area contributed by atoms with Crippen molar-refractivity contribution in [1.29, 1.82) is 0 Å². The largest absolute Gasteiger partial charge is 0.365 e. The molecule has 124 valence electrons. The van der Waals surface area contributed by atoms with Crippen LogP contribution in [-0.4, -0.2) is 39.2 Å². The molecule has 6 heteroatoms. The molecule has 1 heterocycles. The molecular weight excluding hydrogens is 302 g/mol. The minimum Gasteiger partial charge on any atom is -0.365 e. The predicted octanol–water partition coefficient (Wildman–Crippen LogP) is 2.40. The summed E-state index contributed by atoms with van der Waals surface area (Å²) in [6, 6.07) is 7.37. The Hall–Kier alpha value is -1.40. The van der Waals surface area contributed by atoms with E-state index in [2.05, 4.69) is 0 Å². The first-order chi connectivity index (χ1) is 10.3. The van der Waals surface area contributed by atoms with E-state index < -0.39 is 16.1 Å². The number of ketones is 1. The minimum absolute atomic E-state index is 0.0604. The topological polar surface area (TPSA) is 63.7 Å². The number of hydrogen-bond donors (Lipinski definition) is 0. The fourth-order valence-corrected chi connectivity index (χ4v) is 3.28. The third kappa shape index (κ3) is 4.55. The van der Waals surface area contributed by atoms with Gasteiger partial charge < -0.3 is 4.74 Å². The number of carbonyl (C=O) groups excluding carboxylic acids is 1. The first-order valence-electron chi connectivity index (χ1n) is 7.50. The molecule has 0 N–H and O–H groups in total. The fourth-order valence-electron chi connectivity index (χ4n) is 2.31. The lowest BCUT2D eigenvalue weighted by molar-refractivity contribution is -0.130. The molecule has 0 spiro atoms. The van der Waals surface area contributed by atoms with E-state index in [0.29, 0.717) is 12.1 Å². The average molecular weight is 327 g/mol. The van der Waals surface area contributed by atoms with Crippen molar-refractivity contribution in [1.82, 2.24) is 0 Å². The lowest BCUT2D eigenvalue weighted by Crippen LogP contribution is -2.44. The standard InChI is InChI=1S/C14H19NO4S.C2H6/c1-10(16)11(2)19-13-8-12-6-4-5-7-14(12)15(9-13)20(3,17)18;1-2/h4-7,11,13H,8-9H2,1-3H3;1-2H3/t11?,13-;/m1./s1. The molecule has 2 atom stereocenters. The van der Waals surface area contributed by atoms with Gasteiger partial charge in [0.05, 0.1) is 24.6 Å². The van der Waals surface area contributed by atoms with E-state index in [-0.39, 0.29) is 18.4 Å². The quantitative estimate of drug-likeness (QED) is 0.852. The van der Waals surface area contributed by atoms with Crippen molar-refractivity contribution in [3.63, 3.8) is 0 Å². The Morgan fingerprint density at radius 2 is 1.91 bits per heavy atom. The minimum atomic E-state index is -3.36. The summed E-state index contributed by atoms with van der Waals surface area (Å²) in [6.07, 6.45) is 0.964. The Balaban J connectivity index is 0.00000116. The van der Waals surface area contributed by atoms with Crippen LogP contribution in [0.5, 0.6) is 0 Å². The molecule has 0 aliphatic carbocycles. The summed E-state index contributed by atoms with van der Waals surface area (Å²) in [6.45, 7) is 7.40. The summed E-state index contributed by atoms with van der Waals surface area (Å²) in [5, 5.41) is 0. The predicted molar refractivity (Wildman–Crippen MR) is 88.7 cm³/mol. The van der Waals surface area contributed by atoms with Gasteiger partial charge in [-0.15, -0.1) is 0 Å². The molecule has 1 aromatic rings. The van der Waals surface area contributed by atoms with Crippen molar-refractivity contribution in [2.45, 2.75) is 46.3 Å². The van der Waals surface area contributed by atoms with Gasteiger partial charge in [-0.25, -0.2) is 8.42 Å². The maximum absolute atomic E-state index is 11.9. The van der Waals surface area contributed by atoms with Gasteiger partial charge in [0.1, 0.15) is 6.10 Å². The van der Waals surface area contributed by atoms with E-state index >= 15 is 0 Å². The van der Waals surface area contributed by atoms with E-state index in [1.165, 1.54) is 17.5 Å². The van der Waals surface area contributed by atoms with Crippen LogP contribution in [0.3, 0.4) is 0 Å². The Morgan fingerprint density at radius 1 is 1.32 bits per heavy atom. The van der Waals surface area contributed by atoms with Crippen molar-refractivity contribution in [2.75, 3.05) is 17.1 Å². The third-order valence-electron chi connectivity index (χ3n) is 3.45. The molecule has 1 aliphatic rings. The molecule has 0 aromatic heterocycles. The van der Waals surface area contributed by atoms with Crippen LogP contribution in [0.2, 0.25) is 0 Å². The summed E-state index contributed by atoms with van der Waals surface area (Å²) in [5.74, 6) is -0.0604. The highest BCUT2D eigenvalue weighted by Crippen LogP contribution is 2.30. The van der Waals surface area contributed by atoms with E-state index in [1.54, 1.807) is 13.0 Å². The van der Waals surface area contributed by atoms with Gasteiger partial charge in [0, 0.05) is 6.42 Å². The molecule has 0 saturated heterocycles. The molecule has 1 aromatic carbocycles. The number of ether oxygens (including phenoxy) is 1. The van der Waals surface area contributed by atoms with Crippen LogP contribution in [-0.2, 0) is 26.0 Å². The first-order valence-corrected chi connectivity index (χ1v) is 9.35. The second kappa shape index (κ2) is 7.74. The second-order valence-corrected chi connectivity index (χ2v) is 7.04. The van der Waals surface area contributed by atoms with E-state index in [1.807, 2.05) is 32.0 Å². The first kappa shape index (κ1) is 18.6. The summed E-state index contributed by atoms with van der Waals surface area (Å²) in [5.41, 5.74) is 1.62. The van der Waals surface area contributed by atoms with Gasteiger partial charge in [-0.1, -0.05) is 32.0 Å². The third-order valence-corrected chi connectivity index (χ3v) is 4.59. The number of sulfonamides is 1. The number of fused-ring (bicyclic) bond motifs is 1. The molecule has 0 radical (unpaired) electrons. The number of Topliss-reactive ketones (excluding diaryl/α,β-unsaturated/α-hetero) is 1. The average Bonchev–Trinajstić information content (AvgIpc) is 2.47. The van der Waals surface area contributed by atoms with Crippen molar-refractivity contribution in [3.05, 3.63) is 29.8 Å². The van der Waals surface area contributed by atoms with Crippen LogP contribution in [0.4, 0.5) is 5.69 Å². The number of carbonyl (C=O) groups is 1. The lowest BCUT2D eigenvalue weighted by Gasteiger charge is -2.35. The Bertz CT molecular complexity index is 612. The summed E-state index contributed by atoms with van der Waals surface area (Å²) < 4.78 is 30.9. The number of benzene rings is 1. The molecule has 1 unspecified atom stereocenters. The monoisotopic (exact) mass is 327 g/mol. The van der Waals surface area contributed by atoms with Gasteiger partial charge in [-0.3, -0.25) is 9.10 Å². The van der Waals surface area contributed by atoms with E-state index in [9.17, 15) is 13.2 Å². The zero-order valence-electron chi connectivity index (χ0n) is 13.9. The van der Waals surface area contributed by atoms with Crippen LogP contribution >= 0.6 is 0 Å². The fraction of sp³-hybridized carbons (Fsp3) is 0.562. The van der Waals surface area contributed by atoms with Gasteiger partial charge in [0.25, 0.3) is 0 Å². The van der Waals surface area contributed by atoms with Crippen LogP contribution in [0.25, 0.3) is 0 Å². The zero-order valence-corrected chi connectivity index (χ0v) is 14.7. The maximum atomic E-state index is 11.9. The highest BCUT2D eigenvalue weighted by molar-refractivity contribution is 7.92. The van der Waals surface area contributed by atoms with Gasteiger partial charge in [0.2, 0.25) is 10.0 Å². The summed E-state index contributed by atoms with van der Waals surface area (Å²) >= 11 is 0. The lowest BCUT2D eigenvalue weighted by atomic mass is 10.0. The highest BCUT2D eigenvalue weighted by Gasteiger charge is 2.31. The SMILES string of the molecule is CC.CC(=O)C(C)O[C@@H]1Cc2ccccc2N(S(C)(=O)=O)C1. The number of rotatable bonds is 4. The van der Waals surface area contributed by atoms with Gasteiger partial charge >= 0.3 is 0 Å². The molecule has 0 amide bonds. The van der Waals surface area contributed by atoms with E-state index in [0.717, 1.165) is 5.56 Å². The van der Waals surface area contributed by atoms with Gasteiger partial charge in [-0.05, 0) is 25.5 Å². The van der Waals surface area contributed by atoms with E-state index in [4.69, 9.17) is 4.74 Å². The molecule has 0 fully saturated rings. The second-order valence-electron chi connectivity index (χ2n) is 5.14. The molecule has 5 nitrogen and oxygen atoms in total. The van der Waals surface area contributed by atoms with Crippen LogP contribution in [0.1, 0.15) is 33.3 Å². The molecule has 0 saturated carbocycles. The summed E-state index contributed by atoms with van der Waals surface area (Å²) in [7, 11) is -3.36.